The lowest BCUT2D eigenvalue weighted by atomic mass is 10.0. The van der Waals surface area contributed by atoms with Crippen molar-refractivity contribution in [3.8, 4) is 0 Å². The lowest BCUT2D eigenvalue weighted by molar-refractivity contribution is 0.571. The maximum absolute atomic E-state index is 5.61. The Morgan fingerprint density at radius 3 is 2.75 bits per heavy atom. The smallest absolute Gasteiger partial charge is 0.0895 e. The average Bonchev–Trinajstić information content (AvgIpc) is 2.69. The van der Waals surface area contributed by atoms with Gasteiger partial charge in [-0.05, 0) is 24.6 Å². The van der Waals surface area contributed by atoms with Gasteiger partial charge in [0.1, 0.15) is 0 Å². The summed E-state index contributed by atoms with van der Waals surface area (Å²) in [6.45, 7) is 1.97. The number of hydrazine groups is 1. The Hall–Kier alpha value is -1.72. The van der Waals surface area contributed by atoms with Gasteiger partial charge in [0.05, 0.1) is 11.7 Å². The lowest BCUT2D eigenvalue weighted by Gasteiger charge is -2.17. The van der Waals surface area contributed by atoms with Gasteiger partial charge in [-0.25, -0.2) is 5.43 Å². The number of aromatic nitrogens is 3. The molecule has 0 amide bonds. The zero-order valence-corrected chi connectivity index (χ0v) is 9.38. The predicted molar refractivity (Wildman–Crippen MR) is 61.3 cm³/mol. The standard InChI is InChI=1S/C11H15N5/c1-8-9(4-3-6-13-8)11(15-12)10-5-7-14-16(10)2/h3-7,11,15H,12H2,1-2H3. The van der Waals surface area contributed by atoms with E-state index in [0.717, 1.165) is 17.0 Å². The molecule has 0 aliphatic heterocycles. The molecule has 0 aromatic carbocycles. The van der Waals surface area contributed by atoms with Gasteiger partial charge >= 0.3 is 0 Å². The zero-order chi connectivity index (χ0) is 11.5. The van der Waals surface area contributed by atoms with Crippen LogP contribution in [0.25, 0.3) is 0 Å². The first kappa shape index (κ1) is 10.8. The molecule has 2 heterocycles. The molecule has 0 radical (unpaired) electrons. The molecule has 0 spiro atoms. The number of nitrogens with one attached hydrogen (secondary N) is 1. The monoisotopic (exact) mass is 217 g/mol. The first-order valence-electron chi connectivity index (χ1n) is 5.09. The highest BCUT2D eigenvalue weighted by atomic mass is 15.3. The molecule has 0 aliphatic carbocycles. The van der Waals surface area contributed by atoms with E-state index in [4.69, 9.17) is 5.84 Å². The second-order valence-corrected chi connectivity index (χ2v) is 3.66. The lowest BCUT2D eigenvalue weighted by Crippen LogP contribution is -2.31. The molecule has 2 aromatic rings. The molecular formula is C11H15N5. The van der Waals surface area contributed by atoms with Gasteiger partial charge in [-0.15, -0.1) is 0 Å². The number of hydrogen-bond acceptors (Lipinski definition) is 4. The van der Waals surface area contributed by atoms with Gasteiger partial charge in [-0.3, -0.25) is 15.5 Å². The Kier molecular flexibility index (Phi) is 2.98. The van der Waals surface area contributed by atoms with Crippen molar-refractivity contribution in [3.05, 3.63) is 47.5 Å². The van der Waals surface area contributed by atoms with Crippen molar-refractivity contribution in [2.75, 3.05) is 0 Å². The number of rotatable bonds is 3. The molecule has 5 heteroatoms. The second-order valence-electron chi connectivity index (χ2n) is 3.66. The summed E-state index contributed by atoms with van der Waals surface area (Å²) < 4.78 is 1.80. The molecular weight excluding hydrogens is 202 g/mol. The van der Waals surface area contributed by atoms with Gasteiger partial charge in [0.2, 0.25) is 0 Å². The van der Waals surface area contributed by atoms with E-state index in [0.29, 0.717) is 0 Å². The van der Waals surface area contributed by atoms with Crippen molar-refractivity contribution in [2.24, 2.45) is 12.9 Å². The summed E-state index contributed by atoms with van der Waals surface area (Å²) in [5.41, 5.74) is 5.84. The van der Waals surface area contributed by atoms with Gasteiger partial charge in [0.25, 0.3) is 0 Å². The fraction of sp³-hybridized carbons (Fsp3) is 0.273. The third-order valence-electron chi connectivity index (χ3n) is 2.68. The minimum atomic E-state index is -0.0822. The highest BCUT2D eigenvalue weighted by molar-refractivity contribution is 5.29. The van der Waals surface area contributed by atoms with E-state index < -0.39 is 0 Å². The summed E-state index contributed by atoms with van der Waals surface area (Å²) in [5.74, 6) is 5.61. The Bertz CT molecular complexity index is 477. The van der Waals surface area contributed by atoms with E-state index in [1.165, 1.54) is 0 Å². The Labute approximate surface area is 94.3 Å². The maximum Gasteiger partial charge on any atom is 0.0895 e. The quantitative estimate of drug-likeness (QED) is 0.586. The normalized spacial score (nSPS) is 12.7. The second kappa shape index (κ2) is 4.42. The third kappa shape index (κ3) is 1.82. The molecule has 1 unspecified atom stereocenters. The first-order chi connectivity index (χ1) is 7.74. The van der Waals surface area contributed by atoms with Gasteiger partial charge in [-0.1, -0.05) is 6.07 Å². The molecule has 0 fully saturated rings. The number of aryl methyl sites for hydroxylation is 2. The van der Waals surface area contributed by atoms with Crippen molar-refractivity contribution < 1.29 is 0 Å². The van der Waals surface area contributed by atoms with Crippen molar-refractivity contribution in [3.63, 3.8) is 0 Å². The minimum Gasteiger partial charge on any atom is -0.271 e. The fourth-order valence-electron chi connectivity index (χ4n) is 1.80. The van der Waals surface area contributed by atoms with E-state index >= 15 is 0 Å². The van der Waals surface area contributed by atoms with Crippen LogP contribution in [0.1, 0.15) is 23.0 Å². The molecule has 0 saturated carbocycles. The largest absolute Gasteiger partial charge is 0.271 e. The van der Waals surface area contributed by atoms with Gasteiger partial charge in [0.15, 0.2) is 0 Å². The van der Waals surface area contributed by atoms with E-state index in [-0.39, 0.29) is 6.04 Å². The van der Waals surface area contributed by atoms with Crippen LogP contribution >= 0.6 is 0 Å². The predicted octanol–water partition coefficient (Wildman–Crippen LogP) is 0.676. The van der Waals surface area contributed by atoms with Crippen LogP contribution in [-0.2, 0) is 7.05 Å². The number of nitrogens with zero attached hydrogens (tertiary/aromatic N) is 3. The van der Waals surface area contributed by atoms with Crippen molar-refractivity contribution in [1.82, 2.24) is 20.2 Å². The first-order valence-corrected chi connectivity index (χ1v) is 5.09. The van der Waals surface area contributed by atoms with E-state index in [2.05, 4.69) is 15.5 Å². The summed E-state index contributed by atoms with van der Waals surface area (Å²) >= 11 is 0. The SMILES string of the molecule is Cc1ncccc1C(NN)c1ccnn1C. The van der Waals surface area contributed by atoms with Gasteiger partial charge < -0.3 is 0 Å². The number of nitrogens with two attached hydrogens (primary N) is 1. The van der Waals surface area contributed by atoms with Crippen LogP contribution < -0.4 is 11.3 Å². The van der Waals surface area contributed by atoms with Crippen molar-refractivity contribution in [2.45, 2.75) is 13.0 Å². The summed E-state index contributed by atoms with van der Waals surface area (Å²) in [4.78, 5) is 4.26. The Balaban J connectivity index is 2.45. The molecule has 84 valence electrons. The molecule has 0 bridgehead atoms. The van der Waals surface area contributed by atoms with Crippen LogP contribution in [-0.4, -0.2) is 14.8 Å². The van der Waals surface area contributed by atoms with Crippen LogP contribution in [0, 0.1) is 6.92 Å². The summed E-state index contributed by atoms with van der Waals surface area (Å²) in [6, 6.07) is 5.78. The minimum absolute atomic E-state index is 0.0822. The molecule has 0 saturated heterocycles. The van der Waals surface area contributed by atoms with Gasteiger partial charge in [-0.2, -0.15) is 5.10 Å². The van der Waals surface area contributed by atoms with Crippen LogP contribution in [0.2, 0.25) is 0 Å². The van der Waals surface area contributed by atoms with E-state index in [1.807, 2.05) is 32.2 Å². The zero-order valence-electron chi connectivity index (χ0n) is 9.38. The molecule has 16 heavy (non-hydrogen) atoms. The Morgan fingerprint density at radius 2 is 2.19 bits per heavy atom. The fourth-order valence-corrected chi connectivity index (χ4v) is 1.80. The average molecular weight is 217 g/mol. The van der Waals surface area contributed by atoms with Crippen LogP contribution in [0.15, 0.2) is 30.6 Å². The van der Waals surface area contributed by atoms with E-state index in [1.54, 1.807) is 17.1 Å². The maximum atomic E-state index is 5.61. The summed E-state index contributed by atoms with van der Waals surface area (Å²) in [5, 5.41) is 4.14. The topological polar surface area (TPSA) is 68.8 Å². The third-order valence-corrected chi connectivity index (χ3v) is 2.68. The van der Waals surface area contributed by atoms with Crippen molar-refractivity contribution >= 4 is 0 Å². The molecule has 1 atom stereocenters. The van der Waals surface area contributed by atoms with E-state index in [9.17, 15) is 0 Å². The van der Waals surface area contributed by atoms with Crippen LogP contribution in [0.3, 0.4) is 0 Å². The summed E-state index contributed by atoms with van der Waals surface area (Å²) in [6.07, 6.45) is 3.53. The van der Waals surface area contributed by atoms with Crippen molar-refractivity contribution in [1.29, 1.82) is 0 Å². The summed E-state index contributed by atoms with van der Waals surface area (Å²) in [7, 11) is 1.89. The van der Waals surface area contributed by atoms with Gasteiger partial charge in [0, 0.05) is 25.1 Å². The van der Waals surface area contributed by atoms with Crippen LogP contribution in [0.5, 0.6) is 0 Å². The molecule has 3 N–H and O–H groups in total. The highest BCUT2D eigenvalue weighted by Gasteiger charge is 2.17. The van der Waals surface area contributed by atoms with Crippen LogP contribution in [0.4, 0.5) is 0 Å². The Morgan fingerprint density at radius 1 is 1.38 bits per heavy atom. The number of hydrogen-bond donors (Lipinski definition) is 2. The molecule has 5 nitrogen and oxygen atoms in total. The molecule has 2 rings (SSSR count). The number of pyridine rings is 1. The molecule has 2 aromatic heterocycles. The highest BCUT2D eigenvalue weighted by Crippen LogP contribution is 2.21. The molecule has 0 aliphatic rings.